The molecule has 0 aliphatic heterocycles. The van der Waals surface area contributed by atoms with Gasteiger partial charge in [-0.1, -0.05) is 30.3 Å². The smallest absolute Gasteiger partial charge is 0.158 e. The second kappa shape index (κ2) is 3.85. The third kappa shape index (κ3) is 1.91. The monoisotopic (exact) mass is 201 g/mol. The molecule has 1 aromatic heterocycles. The highest BCUT2D eigenvalue weighted by Crippen LogP contribution is 2.19. The van der Waals surface area contributed by atoms with Crippen molar-refractivity contribution < 1.29 is 0 Å². The Morgan fingerprint density at radius 1 is 1.13 bits per heavy atom. The van der Waals surface area contributed by atoms with Gasteiger partial charge in [0.1, 0.15) is 5.82 Å². The molecule has 0 fully saturated rings. The highest BCUT2D eigenvalue weighted by Gasteiger charge is 2.11. The van der Waals surface area contributed by atoms with Crippen molar-refractivity contribution in [3.63, 3.8) is 0 Å². The van der Waals surface area contributed by atoms with Crippen molar-refractivity contribution in [2.24, 2.45) is 0 Å². The molecule has 3 heteroatoms. The van der Waals surface area contributed by atoms with Gasteiger partial charge in [-0.2, -0.15) is 5.10 Å². The second-order valence-corrected chi connectivity index (χ2v) is 3.89. The van der Waals surface area contributed by atoms with Gasteiger partial charge in [-0.3, -0.25) is 0 Å². The first kappa shape index (κ1) is 9.90. The van der Waals surface area contributed by atoms with Crippen LogP contribution in [0.15, 0.2) is 30.3 Å². The van der Waals surface area contributed by atoms with Crippen LogP contribution in [-0.2, 0) is 0 Å². The Morgan fingerprint density at radius 3 is 2.40 bits per heavy atom. The maximum absolute atomic E-state index is 4.45. The van der Waals surface area contributed by atoms with Crippen molar-refractivity contribution in [2.75, 3.05) is 0 Å². The minimum absolute atomic E-state index is 0.335. The fourth-order valence-electron chi connectivity index (χ4n) is 1.57. The van der Waals surface area contributed by atoms with Gasteiger partial charge in [-0.15, -0.1) is 0 Å². The Morgan fingerprint density at radius 2 is 1.80 bits per heavy atom. The molecule has 78 valence electrons. The van der Waals surface area contributed by atoms with Crippen LogP contribution in [0.25, 0.3) is 11.4 Å². The molecule has 2 rings (SSSR count). The normalized spacial score (nSPS) is 10.9. The summed E-state index contributed by atoms with van der Waals surface area (Å²) in [5.74, 6) is 1.77. The first-order valence-electron chi connectivity index (χ1n) is 5.17. The molecule has 3 nitrogen and oxygen atoms in total. The van der Waals surface area contributed by atoms with E-state index in [2.05, 4.69) is 36.1 Å². The first-order valence-corrected chi connectivity index (χ1v) is 5.17. The van der Waals surface area contributed by atoms with Gasteiger partial charge in [0.15, 0.2) is 5.82 Å². The maximum atomic E-state index is 4.45. The molecule has 15 heavy (non-hydrogen) atoms. The highest BCUT2D eigenvalue weighted by molar-refractivity contribution is 5.54. The number of benzene rings is 1. The quantitative estimate of drug-likeness (QED) is 0.748. The number of hydrogen-bond donors (Lipinski definition) is 0. The fourth-order valence-corrected chi connectivity index (χ4v) is 1.57. The Bertz CT molecular complexity index is 443. The molecular weight excluding hydrogens is 186 g/mol. The van der Waals surface area contributed by atoms with Gasteiger partial charge >= 0.3 is 0 Å². The van der Waals surface area contributed by atoms with Gasteiger partial charge < -0.3 is 0 Å². The third-order valence-corrected chi connectivity index (χ3v) is 2.26. The molecule has 1 heterocycles. The van der Waals surface area contributed by atoms with Crippen LogP contribution in [0.1, 0.15) is 25.7 Å². The van der Waals surface area contributed by atoms with Crippen LogP contribution < -0.4 is 0 Å². The lowest BCUT2D eigenvalue weighted by Crippen LogP contribution is -2.05. The van der Waals surface area contributed by atoms with Crippen LogP contribution in [0.3, 0.4) is 0 Å². The van der Waals surface area contributed by atoms with Crippen molar-refractivity contribution >= 4 is 0 Å². The van der Waals surface area contributed by atoms with E-state index in [1.807, 2.05) is 29.8 Å². The van der Waals surface area contributed by atoms with Crippen molar-refractivity contribution in [1.82, 2.24) is 14.8 Å². The molecule has 0 aliphatic rings. The van der Waals surface area contributed by atoms with Crippen molar-refractivity contribution in [3.8, 4) is 11.4 Å². The molecule has 0 unspecified atom stereocenters. The lowest BCUT2D eigenvalue weighted by molar-refractivity contribution is 0.534. The molecule has 0 saturated heterocycles. The summed E-state index contributed by atoms with van der Waals surface area (Å²) in [5.41, 5.74) is 1.12. The van der Waals surface area contributed by atoms with Gasteiger partial charge in [0, 0.05) is 11.6 Å². The van der Waals surface area contributed by atoms with E-state index < -0.39 is 0 Å². The summed E-state index contributed by atoms with van der Waals surface area (Å²) in [4.78, 5) is 4.45. The second-order valence-electron chi connectivity index (χ2n) is 3.89. The van der Waals surface area contributed by atoms with Crippen molar-refractivity contribution in [2.45, 2.75) is 26.8 Å². The van der Waals surface area contributed by atoms with Crippen LogP contribution in [0, 0.1) is 6.92 Å². The maximum Gasteiger partial charge on any atom is 0.158 e. The van der Waals surface area contributed by atoms with E-state index in [1.165, 1.54) is 0 Å². The predicted octanol–water partition coefficient (Wildman–Crippen LogP) is 2.83. The zero-order chi connectivity index (χ0) is 10.8. The van der Waals surface area contributed by atoms with Gasteiger partial charge in [0.2, 0.25) is 0 Å². The van der Waals surface area contributed by atoms with Gasteiger partial charge in [-0.25, -0.2) is 9.67 Å². The molecule has 0 aliphatic carbocycles. The van der Waals surface area contributed by atoms with Gasteiger partial charge in [0.25, 0.3) is 0 Å². The van der Waals surface area contributed by atoms with E-state index in [9.17, 15) is 0 Å². The molecule has 0 radical (unpaired) electrons. The van der Waals surface area contributed by atoms with Crippen molar-refractivity contribution in [3.05, 3.63) is 36.2 Å². The Hall–Kier alpha value is -1.64. The number of nitrogens with zero attached hydrogens (tertiary/aromatic N) is 3. The summed E-state index contributed by atoms with van der Waals surface area (Å²) < 4.78 is 1.96. The lowest BCUT2D eigenvalue weighted by atomic mass is 10.2. The molecule has 0 saturated carbocycles. The van der Waals surface area contributed by atoms with Gasteiger partial charge in [-0.05, 0) is 20.8 Å². The van der Waals surface area contributed by atoms with E-state index in [0.717, 1.165) is 17.2 Å². The Kier molecular flexibility index (Phi) is 2.54. The average molecular weight is 201 g/mol. The third-order valence-electron chi connectivity index (χ3n) is 2.26. The van der Waals surface area contributed by atoms with E-state index >= 15 is 0 Å². The largest absolute Gasteiger partial charge is 0.243 e. The van der Waals surface area contributed by atoms with Crippen LogP contribution in [-0.4, -0.2) is 14.8 Å². The summed E-state index contributed by atoms with van der Waals surface area (Å²) in [6, 6.07) is 10.5. The Labute approximate surface area is 89.8 Å². The number of aromatic nitrogens is 3. The molecule has 1 aromatic carbocycles. The summed E-state index contributed by atoms with van der Waals surface area (Å²) in [5, 5.41) is 4.39. The summed E-state index contributed by atoms with van der Waals surface area (Å²) in [7, 11) is 0. The minimum atomic E-state index is 0.335. The van der Waals surface area contributed by atoms with E-state index in [0.29, 0.717) is 6.04 Å². The number of aryl methyl sites for hydroxylation is 1. The minimum Gasteiger partial charge on any atom is -0.243 e. The molecule has 0 spiro atoms. The predicted molar refractivity (Wildman–Crippen MR) is 60.6 cm³/mol. The molecule has 2 aromatic rings. The van der Waals surface area contributed by atoms with Crippen LogP contribution in [0.4, 0.5) is 0 Å². The standard InChI is InChI=1S/C12H15N3/c1-9(2)15-12(13-10(3)14-15)11-7-5-4-6-8-11/h4-9H,1-3H3. The van der Waals surface area contributed by atoms with Crippen LogP contribution in [0.5, 0.6) is 0 Å². The zero-order valence-corrected chi connectivity index (χ0v) is 9.31. The number of rotatable bonds is 2. The van der Waals surface area contributed by atoms with Gasteiger partial charge in [0.05, 0.1) is 0 Å². The highest BCUT2D eigenvalue weighted by atomic mass is 15.4. The van der Waals surface area contributed by atoms with E-state index in [1.54, 1.807) is 0 Å². The summed E-state index contributed by atoms with van der Waals surface area (Å²) >= 11 is 0. The molecule has 0 bridgehead atoms. The number of hydrogen-bond acceptors (Lipinski definition) is 2. The Balaban J connectivity index is 2.53. The summed E-state index contributed by atoms with van der Waals surface area (Å²) in [6.45, 7) is 6.15. The molecular formula is C12H15N3. The zero-order valence-electron chi connectivity index (χ0n) is 9.31. The topological polar surface area (TPSA) is 30.7 Å². The average Bonchev–Trinajstić information content (AvgIpc) is 2.62. The van der Waals surface area contributed by atoms with Crippen LogP contribution >= 0.6 is 0 Å². The SMILES string of the molecule is Cc1nc(-c2ccccc2)n(C(C)C)n1. The van der Waals surface area contributed by atoms with Crippen LogP contribution in [0.2, 0.25) is 0 Å². The van der Waals surface area contributed by atoms with Crippen molar-refractivity contribution in [1.29, 1.82) is 0 Å². The molecule has 0 atom stereocenters. The first-order chi connectivity index (χ1) is 7.18. The molecule has 0 N–H and O–H groups in total. The summed E-state index contributed by atoms with van der Waals surface area (Å²) in [6.07, 6.45) is 0. The fraction of sp³-hybridized carbons (Fsp3) is 0.333. The molecule has 0 amide bonds. The van der Waals surface area contributed by atoms with E-state index in [-0.39, 0.29) is 0 Å². The van der Waals surface area contributed by atoms with E-state index in [4.69, 9.17) is 0 Å². The lowest BCUT2D eigenvalue weighted by Gasteiger charge is -2.08.